The normalized spacial score (nSPS) is 16.7. The first-order chi connectivity index (χ1) is 12.5. The molecule has 0 saturated carbocycles. The molecule has 0 spiro atoms. The molecule has 3 rings (SSSR count). The van der Waals surface area contributed by atoms with E-state index in [1.54, 1.807) is 6.20 Å². The maximum atomic E-state index is 12.0. The first-order valence-electron chi connectivity index (χ1n) is 9.33. The minimum Gasteiger partial charge on any atom is -0.488 e. The summed E-state index contributed by atoms with van der Waals surface area (Å²) in [4.78, 5) is 21.0. The summed E-state index contributed by atoms with van der Waals surface area (Å²) in [6, 6.07) is 6.15. The van der Waals surface area contributed by atoms with Gasteiger partial charge < -0.3 is 10.1 Å². The van der Waals surface area contributed by atoms with Gasteiger partial charge in [-0.1, -0.05) is 20.3 Å². The van der Waals surface area contributed by atoms with Crippen molar-refractivity contribution in [3.8, 4) is 17.0 Å². The van der Waals surface area contributed by atoms with Gasteiger partial charge in [0.1, 0.15) is 11.9 Å². The summed E-state index contributed by atoms with van der Waals surface area (Å²) < 4.78 is 5.98. The molecule has 0 fully saturated rings. The van der Waals surface area contributed by atoms with Crippen LogP contribution in [0.1, 0.15) is 43.6 Å². The molecule has 2 atom stereocenters. The van der Waals surface area contributed by atoms with Gasteiger partial charge in [0.05, 0.1) is 23.6 Å². The Kier molecular flexibility index (Phi) is 5.55. The molecule has 1 amide bonds. The van der Waals surface area contributed by atoms with Crippen molar-refractivity contribution in [2.45, 2.75) is 53.1 Å². The van der Waals surface area contributed by atoms with Crippen LogP contribution >= 0.6 is 0 Å². The molecule has 5 heteroatoms. The van der Waals surface area contributed by atoms with Crippen LogP contribution in [0.25, 0.3) is 11.3 Å². The summed E-state index contributed by atoms with van der Waals surface area (Å²) in [6.45, 7) is 8.67. The molecule has 1 aliphatic heterocycles. The number of aromatic nitrogens is 2. The van der Waals surface area contributed by atoms with Crippen LogP contribution in [0.4, 0.5) is 0 Å². The Morgan fingerprint density at radius 3 is 2.96 bits per heavy atom. The molecule has 0 unspecified atom stereocenters. The SMILES string of the molecule is CC[C@@H](C)CC(=O)NC[C@H]1Cc2cc(-c3nc(C)cnc3C)ccc2O1. The highest BCUT2D eigenvalue weighted by Crippen LogP contribution is 2.33. The number of carbonyl (C=O) groups excluding carboxylic acids is 1. The van der Waals surface area contributed by atoms with E-state index in [-0.39, 0.29) is 12.0 Å². The van der Waals surface area contributed by atoms with Crippen molar-refractivity contribution in [1.82, 2.24) is 15.3 Å². The highest BCUT2D eigenvalue weighted by atomic mass is 16.5. The second-order valence-corrected chi connectivity index (χ2v) is 7.23. The van der Waals surface area contributed by atoms with Crippen molar-refractivity contribution >= 4 is 5.91 Å². The van der Waals surface area contributed by atoms with Crippen LogP contribution in [-0.2, 0) is 11.2 Å². The average Bonchev–Trinajstić information content (AvgIpc) is 3.04. The molecule has 1 aromatic carbocycles. The van der Waals surface area contributed by atoms with Crippen LogP contribution in [-0.4, -0.2) is 28.5 Å². The lowest BCUT2D eigenvalue weighted by atomic mass is 10.0. The number of aryl methyl sites for hydroxylation is 2. The van der Waals surface area contributed by atoms with Gasteiger partial charge in [0.2, 0.25) is 5.91 Å². The smallest absolute Gasteiger partial charge is 0.220 e. The first kappa shape index (κ1) is 18.4. The summed E-state index contributed by atoms with van der Waals surface area (Å²) in [5.41, 5.74) is 4.96. The molecule has 1 N–H and O–H groups in total. The zero-order valence-electron chi connectivity index (χ0n) is 16.0. The minimum absolute atomic E-state index is 0.00850. The van der Waals surface area contributed by atoms with Gasteiger partial charge in [-0.15, -0.1) is 0 Å². The Bertz CT molecular complexity index is 804. The fourth-order valence-corrected chi connectivity index (χ4v) is 3.15. The van der Waals surface area contributed by atoms with Gasteiger partial charge in [-0.05, 0) is 43.5 Å². The van der Waals surface area contributed by atoms with Crippen LogP contribution in [0.2, 0.25) is 0 Å². The monoisotopic (exact) mass is 353 g/mol. The van der Waals surface area contributed by atoms with Crippen LogP contribution in [0.5, 0.6) is 5.75 Å². The zero-order valence-corrected chi connectivity index (χ0v) is 16.0. The predicted molar refractivity (Wildman–Crippen MR) is 102 cm³/mol. The molecule has 5 nitrogen and oxygen atoms in total. The minimum atomic E-state index is -0.00850. The van der Waals surface area contributed by atoms with Gasteiger partial charge in [-0.2, -0.15) is 0 Å². The van der Waals surface area contributed by atoms with E-state index in [2.05, 4.69) is 35.2 Å². The molecule has 0 aliphatic carbocycles. The third-order valence-corrected chi connectivity index (χ3v) is 4.91. The van der Waals surface area contributed by atoms with Gasteiger partial charge in [-0.3, -0.25) is 9.78 Å². The zero-order chi connectivity index (χ0) is 18.7. The maximum Gasteiger partial charge on any atom is 0.220 e. The molecule has 138 valence electrons. The quantitative estimate of drug-likeness (QED) is 0.861. The molecule has 1 aromatic heterocycles. The van der Waals surface area contributed by atoms with Crippen LogP contribution < -0.4 is 10.1 Å². The lowest BCUT2D eigenvalue weighted by Gasteiger charge is -2.13. The number of ether oxygens (including phenoxy) is 1. The van der Waals surface area contributed by atoms with E-state index in [9.17, 15) is 4.79 Å². The summed E-state index contributed by atoms with van der Waals surface area (Å²) in [5, 5.41) is 3.00. The summed E-state index contributed by atoms with van der Waals surface area (Å²) >= 11 is 0. The number of hydrogen-bond donors (Lipinski definition) is 1. The number of hydrogen-bond acceptors (Lipinski definition) is 4. The maximum absolute atomic E-state index is 12.0. The van der Waals surface area contributed by atoms with Crippen LogP contribution in [0, 0.1) is 19.8 Å². The topological polar surface area (TPSA) is 64.1 Å². The molecule has 2 heterocycles. The Labute approximate surface area is 155 Å². The number of fused-ring (bicyclic) bond motifs is 1. The van der Waals surface area contributed by atoms with Crippen molar-refractivity contribution in [3.63, 3.8) is 0 Å². The Morgan fingerprint density at radius 1 is 1.38 bits per heavy atom. The van der Waals surface area contributed by atoms with E-state index in [0.29, 0.717) is 18.9 Å². The summed E-state index contributed by atoms with van der Waals surface area (Å²) in [5.74, 6) is 1.41. The lowest BCUT2D eigenvalue weighted by molar-refractivity contribution is -0.122. The van der Waals surface area contributed by atoms with Crippen molar-refractivity contribution < 1.29 is 9.53 Å². The van der Waals surface area contributed by atoms with Gasteiger partial charge in [0.25, 0.3) is 0 Å². The van der Waals surface area contributed by atoms with E-state index in [4.69, 9.17) is 4.74 Å². The fourth-order valence-electron chi connectivity index (χ4n) is 3.15. The van der Waals surface area contributed by atoms with Crippen LogP contribution in [0.3, 0.4) is 0 Å². The third-order valence-electron chi connectivity index (χ3n) is 4.91. The summed E-state index contributed by atoms with van der Waals surface area (Å²) in [7, 11) is 0. The molecule has 0 radical (unpaired) electrons. The molecule has 26 heavy (non-hydrogen) atoms. The van der Waals surface area contributed by atoms with E-state index in [1.807, 2.05) is 26.0 Å². The van der Waals surface area contributed by atoms with Crippen molar-refractivity contribution in [2.24, 2.45) is 5.92 Å². The van der Waals surface area contributed by atoms with Gasteiger partial charge >= 0.3 is 0 Å². The van der Waals surface area contributed by atoms with E-state index >= 15 is 0 Å². The standard InChI is InChI=1S/C21H27N3O2/c1-5-13(2)8-20(25)23-12-18-10-17-9-16(6-7-19(17)26-18)21-15(4)22-11-14(3)24-21/h6-7,9,11,13,18H,5,8,10,12H2,1-4H3,(H,23,25)/t13-,18-/m1/s1. The molecule has 0 bridgehead atoms. The van der Waals surface area contributed by atoms with E-state index in [1.165, 1.54) is 0 Å². The number of nitrogens with zero attached hydrogens (tertiary/aromatic N) is 2. The molecule has 0 saturated heterocycles. The van der Waals surface area contributed by atoms with Crippen LogP contribution in [0.15, 0.2) is 24.4 Å². The van der Waals surface area contributed by atoms with Gasteiger partial charge in [0, 0.05) is 24.6 Å². The second kappa shape index (κ2) is 7.85. The number of nitrogens with one attached hydrogen (secondary N) is 1. The van der Waals surface area contributed by atoms with Crippen molar-refractivity contribution in [2.75, 3.05) is 6.54 Å². The van der Waals surface area contributed by atoms with E-state index in [0.717, 1.165) is 46.8 Å². The predicted octanol–water partition coefficient (Wildman–Crippen LogP) is 3.62. The Morgan fingerprint density at radius 2 is 2.19 bits per heavy atom. The third kappa shape index (κ3) is 4.21. The van der Waals surface area contributed by atoms with E-state index < -0.39 is 0 Å². The highest BCUT2D eigenvalue weighted by molar-refractivity contribution is 5.76. The summed E-state index contributed by atoms with van der Waals surface area (Å²) in [6.07, 6.45) is 4.17. The van der Waals surface area contributed by atoms with Crippen molar-refractivity contribution in [1.29, 1.82) is 0 Å². The number of benzene rings is 1. The van der Waals surface area contributed by atoms with Gasteiger partial charge in [0.15, 0.2) is 0 Å². The van der Waals surface area contributed by atoms with Crippen molar-refractivity contribution in [3.05, 3.63) is 41.3 Å². The molecule has 2 aromatic rings. The fraction of sp³-hybridized carbons (Fsp3) is 0.476. The largest absolute Gasteiger partial charge is 0.488 e. The number of rotatable bonds is 6. The number of carbonyl (C=O) groups is 1. The molecular weight excluding hydrogens is 326 g/mol. The Hall–Kier alpha value is -2.43. The first-order valence-corrected chi connectivity index (χ1v) is 9.33. The molecule has 1 aliphatic rings. The second-order valence-electron chi connectivity index (χ2n) is 7.23. The van der Waals surface area contributed by atoms with Gasteiger partial charge in [-0.25, -0.2) is 4.98 Å². The molecular formula is C21H27N3O2. The number of amides is 1. The highest BCUT2D eigenvalue weighted by Gasteiger charge is 2.24. The average molecular weight is 353 g/mol. The Balaban J connectivity index is 1.65. The lowest BCUT2D eigenvalue weighted by Crippen LogP contribution is -2.35.